The van der Waals surface area contributed by atoms with Gasteiger partial charge in [-0.2, -0.15) is 0 Å². The van der Waals surface area contributed by atoms with E-state index >= 15 is 0 Å². The van der Waals surface area contributed by atoms with Crippen molar-refractivity contribution in [2.45, 2.75) is 18.4 Å². The van der Waals surface area contributed by atoms with Crippen LogP contribution in [-0.4, -0.2) is 31.2 Å². The average molecular weight is 282 g/mol. The third kappa shape index (κ3) is 1.72. The van der Waals surface area contributed by atoms with Crippen LogP contribution in [0.15, 0.2) is 41.7 Å². The number of nitrogens with one attached hydrogen (secondary N) is 1. The number of hydrogen-bond donors (Lipinski definition) is 2. The van der Waals surface area contributed by atoms with Gasteiger partial charge in [0.25, 0.3) is 5.56 Å². The molecule has 0 unspecified atom stereocenters. The summed E-state index contributed by atoms with van der Waals surface area (Å²) in [7, 11) is 0. The first-order valence-electron chi connectivity index (χ1n) is 6.89. The maximum absolute atomic E-state index is 11.8. The summed E-state index contributed by atoms with van der Waals surface area (Å²) in [6.45, 7) is 0.119. The third-order valence-electron chi connectivity index (χ3n) is 4.22. The summed E-state index contributed by atoms with van der Waals surface area (Å²) in [5.41, 5.74) is 3.03. The second-order valence-corrected chi connectivity index (χ2v) is 5.32. The lowest BCUT2D eigenvalue weighted by Crippen LogP contribution is -2.11. The van der Waals surface area contributed by atoms with Gasteiger partial charge in [-0.1, -0.05) is 24.3 Å². The zero-order valence-corrected chi connectivity index (χ0v) is 11.2. The number of H-pyrrole nitrogens is 1. The van der Waals surface area contributed by atoms with E-state index in [1.54, 1.807) is 6.33 Å². The summed E-state index contributed by atoms with van der Waals surface area (Å²) < 4.78 is 1.93. The lowest BCUT2D eigenvalue weighted by Gasteiger charge is -2.14. The molecule has 0 saturated heterocycles. The standard InChI is InChI=1S/C15H14N4O2/c20-6-9-5-12(11-4-2-1-3-10(9)11)19-8-18-13-14(19)16-7-17-15(13)21/h1-4,7-9,12,20H,5-6H2,(H,16,17,21)/t9-,12-/m1/s1. The molecule has 0 amide bonds. The largest absolute Gasteiger partial charge is 0.396 e. The van der Waals surface area contributed by atoms with E-state index in [1.807, 2.05) is 16.7 Å². The number of aliphatic hydroxyl groups is 1. The number of aromatic amines is 1. The van der Waals surface area contributed by atoms with Crippen molar-refractivity contribution < 1.29 is 5.11 Å². The predicted octanol–water partition coefficient (Wildman–Crippen LogP) is 1.19. The number of aliphatic hydroxyl groups excluding tert-OH is 1. The summed E-state index contributed by atoms with van der Waals surface area (Å²) in [5, 5.41) is 9.59. The lowest BCUT2D eigenvalue weighted by molar-refractivity contribution is 0.259. The summed E-state index contributed by atoms with van der Waals surface area (Å²) >= 11 is 0. The van der Waals surface area contributed by atoms with Crippen LogP contribution in [0.3, 0.4) is 0 Å². The zero-order chi connectivity index (χ0) is 14.4. The molecule has 0 aliphatic heterocycles. The Kier molecular flexibility index (Phi) is 2.65. The van der Waals surface area contributed by atoms with Crippen LogP contribution in [0.1, 0.15) is 29.5 Å². The van der Waals surface area contributed by atoms with Gasteiger partial charge in [0.05, 0.1) is 25.3 Å². The van der Waals surface area contributed by atoms with Crippen LogP contribution < -0.4 is 5.56 Å². The number of fused-ring (bicyclic) bond motifs is 2. The normalized spacial score (nSPS) is 20.8. The maximum Gasteiger partial charge on any atom is 0.278 e. The molecule has 1 aliphatic carbocycles. The first-order chi connectivity index (χ1) is 10.3. The molecule has 2 N–H and O–H groups in total. The van der Waals surface area contributed by atoms with Gasteiger partial charge in [0.2, 0.25) is 0 Å². The van der Waals surface area contributed by atoms with Crippen molar-refractivity contribution in [1.82, 2.24) is 19.5 Å². The minimum absolute atomic E-state index is 0.0534. The van der Waals surface area contributed by atoms with E-state index in [1.165, 1.54) is 6.33 Å². The topological polar surface area (TPSA) is 83.8 Å². The van der Waals surface area contributed by atoms with E-state index in [9.17, 15) is 9.90 Å². The Morgan fingerprint density at radius 2 is 2.10 bits per heavy atom. The molecule has 0 fully saturated rings. The number of imidazole rings is 1. The Balaban J connectivity index is 1.91. The second-order valence-electron chi connectivity index (χ2n) is 5.32. The fraction of sp³-hybridized carbons (Fsp3) is 0.267. The van der Waals surface area contributed by atoms with E-state index in [0.717, 1.165) is 17.5 Å². The van der Waals surface area contributed by atoms with E-state index in [2.05, 4.69) is 27.1 Å². The molecule has 4 rings (SSSR count). The highest BCUT2D eigenvalue weighted by Crippen LogP contribution is 2.42. The maximum atomic E-state index is 11.8. The van der Waals surface area contributed by atoms with Gasteiger partial charge in [-0.25, -0.2) is 9.97 Å². The molecule has 1 aromatic carbocycles. The number of benzene rings is 1. The average Bonchev–Trinajstić information content (AvgIpc) is 3.09. The molecule has 0 spiro atoms. The van der Waals surface area contributed by atoms with Gasteiger partial charge in [0, 0.05) is 5.92 Å². The molecule has 1 aliphatic rings. The van der Waals surface area contributed by atoms with Crippen LogP contribution in [0, 0.1) is 0 Å². The highest BCUT2D eigenvalue weighted by atomic mass is 16.3. The van der Waals surface area contributed by atoms with Gasteiger partial charge < -0.3 is 14.7 Å². The predicted molar refractivity (Wildman–Crippen MR) is 77.2 cm³/mol. The summed E-state index contributed by atoms with van der Waals surface area (Å²) in [5.74, 6) is 0.116. The third-order valence-corrected chi connectivity index (χ3v) is 4.22. The first kappa shape index (κ1) is 12.3. The van der Waals surface area contributed by atoms with Crippen molar-refractivity contribution in [3.8, 4) is 0 Å². The van der Waals surface area contributed by atoms with E-state index in [4.69, 9.17) is 0 Å². The first-order valence-corrected chi connectivity index (χ1v) is 6.89. The Hall–Kier alpha value is -2.47. The fourth-order valence-electron chi connectivity index (χ4n) is 3.24. The van der Waals surface area contributed by atoms with Crippen LogP contribution in [0.2, 0.25) is 0 Å². The van der Waals surface area contributed by atoms with Gasteiger partial charge in [0.15, 0.2) is 11.2 Å². The molecule has 6 heteroatoms. The molecule has 3 aromatic rings. The molecule has 106 valence electrons. The Morgan fingerprint density at radius 3 is 2.90 bits per heavy atom. The van der Waals surface area contributed by atoms with Crippen molar-refractivity contribution in [3.05, 3.63) is 58.4 Å². The molecule has 0 saturated carbocycles. The highest BCUT2D eigenvalue weighted by Gasteiger charge is 2.32. The molecular weight excluding hydrogens is 268 g/mol. The molecule has 2 heterocycles. The Labute approximate surface area is 120 Å². The van der Waals surface area contributed by atoms with Crippen LogP contribution >= 0.6 is 0 Å². The summed E-state index contributed by atoms with van der Waals surface area (Å²) in [6.07, 6.45) is 3.84. The molecule has 2 aromatic heterocycles. The van der Waals surface area contributed by atoms with Gasteiger partial charge >= 0.3 is 0 Å². The van der Waals surface area contributed by atoms with Gasteiger partial charge in [-0.15, -0.1) is 0 Å². The highest BCUT2D eigenvalue weighted by molar-refractivity contribution is 5.69. The molecule has 2 atom stereocenters. The Morgan fingerprint density at radius 1 is 1.29 bits per heavy atom. The molecule has 6 nitrogen and oxygen atoms in total. The van der Waals surface area contributed by atoms with Gasteiger partial charge in [-0.3, -0.25) is 4.79 Å². The minimum Gasteiger partial charge on any atom is -0.396 e. The molecule has 0 bridgehead atoms. The van der Waals surface area contributed by atoms with E-state index in [-0.39, 0.29) is 24.1 Å². The molecule has 0 radical (unpaired) electrons. The van der Waals surface area contributed by atoms with Crippen LogP contribution in [0.25, 0.3) is 11.2 Å². The van der Waals surface area contributed by atoms with Crippen molar-refractivity contribution in [2.24, 2.45) is 0 Å². The van der Waals surface area contributed by atoms with E-state index in [0.29, 0.717) is 11.2 Å². The summed E-state index contributed by atoms with van der Waals surface area (Å²) in [4.78, 5) is 22.7. The number of rotatable bonds is 2. The van der Waals surface area contributed by atoms with E-state index < -0.39 is 0 Å². The summed E-state index contributed by atoms with van der Waals surface area (Å²) in [6, 6.07) is 8.14. The monoisotopic (exact) mass is 282 g/mol. The SMILES string of the molecule is O=c1[nH]cnc2c1ncn2[C@@H]1C[C@H](CO)c2ccccc21. The minimum atomic E-state index is -0.233. The zero-order valence-electron chi connectivity index (χ0n) is 11.2. The second kappa shape index (κ2) is 4.53. The quantitative estimate of drug-likeness (QED) is 0.739. The molecule has 21 heavy (non-hydrogen) atoms. The van der Waals surface area contributed by atoms with Crippen molar-refractivity contribution >= 4 is 11.2 Å². The smallest absolute Gasteiger partial charge is 0.278 e. The van der Waals surface area contributed by atoms with Gasteiger partial charge in [-0.05, 0) is 17.5 Å². The number of aromatic nitrogens is 4. The van der Waals surface area contributed by atoms with Gasteiger partial charge in [0.1, 0.15) is 0 Å². The van der Waals surface area contributed by atoms with Crippen LogP contribution in [0.5, 0.6) is 0 Å². The molecular formula is C15H14N4O2. The number of hydrogen-bond acceptors (Lipinski definition) is 4. The van der Waals surface area contributed by atoms with Crippen LogP contribution in [0.4, 0.5) is 0 Å². The van der Waals surface area contributed by atoms with Crippen molar-refractivity contribution in [1.29, 1.82) is 0 Å². The number of nitrogens with zero attached hydrogens (tertiary/aromatic N) is 3. The fourth-order valence-corrected chi connectivity index (χ4v) is 3.24. The van der Waals surface area contributed by atoms with Crippen LogP contribution in [-0.2, 0) is 0 Å². The Bertz CT molecular complexity index is 867. The van der Waals surface area contributed by atoms with Crippen molar-refractivity contribution in [3.63, 3.8) is 0 Å². The lowest BCUT2D eigenvalue weighted by atomic mass is 10.0. The van der Waals surface area contributed by atoms with Crippen molar-refractivity contribution in [2.75, 3.05) is 6.61 Å².